The summed E-state index contributed by atoms with van der Waals surface area (Å²) in [6, 6.07) is 0.844. The van der Waals surface area contributed by atoms with Crippen molar-refractivity contribution >= 4 is 0 Å². The molecule has 0 saturated heterocycles. The van der Waals surface area contributed by atoms with Gasteiger partial charge in [-0.15, -0.1) is 0 Å². The van der Waals surface area contributed by atoms with Crippen LogP contribution >= 0.6 is 0 Å². The Morgan fingerprint density at radius 2 is 1.86 bits per heavy atom. The summed E-state index contributed by atoms with van der Waals surface area (Å²) in [7, 11) is 2.29. The first-order valence-corrected chi connectivity index (χ1v) is 9.25. The van der Waals surface area contributed by atoms with Gasteiger partial charge in [0.25, 0.3) is 0 Å². The van der Waals surface area contributed by atoms with Gasteiger partial charge < -0.3 is 15.0 Å². The van der Waals surface area contributed by atoms with E-state index in [9.17, 15) is 0 Å². The molecule has 0 unspecified atom stereocenters. The molecule has 0 aromatic rings. The van der Waals surface area contributed by atoms with Crippen molar-refractivity contribution < 1.29 is 4.74 Å². The SMILES string of the molecule is CN(CCOCC1CC1)CC1(CNC2CC2)CCCCC1. The molecule has 0 radical (unpaired) electrons. The third-order valence-electron chi connectivity index (χ3n) is 5.53. The summed E-state index contributed by atoms with van der Waals surface area (Å²) >= 11 is 0. The average Bonchev–Trinajstić information content (AvgIpc) is 3.38. The molecule has 3 fully saturated rings. The van der Waals surface area contributed by atoms with E-state index in [4.69, 9.17) is 4.74 Å². The molecule has 122 valence electrons. The zero-order valence-corrected chi connectivity index (χ0v) is 13.9. The molecule has 1 N–H and O–H groups in total. The van der Waals surface area contributed by atoms with Gasteiger partial charge in [-0.05, 0) is 56.9 Å². The molecule has 0 atom stereocenters. The molecule has 3 rings (SSSR count). The maximum absolute atomic E-state index is 5.80. The van der Waals surface area contributed by atoms with E-state index in [-0.39, 0.29) is 0 Å². The molecule has 0 amide bonds. The molecule has 21 heavy (non-hydrogen) atoms. The summed E-state index contributed by atoms with van der Waals surface area (Å²) in [5, 5.41) is 3.81. The van der Waals surface area contributed by atoms with E-state index in [1.54, 1.807) is 0 Å². The highest BCUT2D eigenvalue weighted by Gasteiger charge is 2.34. The van der Waals surface area contributed by atoms with Crippen LogP contribution in [0.3, 0.4) is 0 Å². The summed E-state index contributed by atoms with van der Waals surface area (Å²) in [6.07, 6.45) is 12.7. The van der Waals surface area contributed by atoms with Crippen LogP contribution < -0.4 is 5.32 Å². The van der Waals surface area contributed by atoms with Crippen LogP contribution in [0.5, 0.6) is 0 Å². The molecule has 0 aliphatic heterocycles. The third kappa shape index (κ3) is 5.54. The van der Waals surface area contributed by atoms with Crippen LogP contribution in [0.1, 0.15) is 57.8 Å². The van der Waals surface area contributed by atoms with Gasteiger partial charge in [0, 0.05) is 32.3 Å². The molecule has 0 spiro atoms. The molecule has 0 bridgehead atoms. The maximum Gasteiger partial charge on any atom is 0.0593 e. The van der Waals surface area contributed by atoms with E-state index in [0.717, 1.165) is 31.7 Å². The smallest absolute Gasteiger partial charge is 0.0593 e. The number of likely N-dealkylation sites (N-methyl/N-ethyl adjacent to an activating group) is 1. The van der Waals surface area contributed by atoms with Crippen molar-refractivity contribution in [2.24, 2.45) is 11.3 Å². The van der Waals surface area contributed by atoms with Crippen LogP contribution in [0.4, 0.5) is 0 Å². The number of hydrogen-bond donors (Lipinski definition) is 1. The zero-order valence-electron chi connectivity index (χ0n) is 13.9. The molecule has 0 aromatic heterocycles. The standard InChI is InChI=1S/C18H34N2O/c1-20(11-12-21-13-16-5-6-16)15-18(9-3-2-4-10-18)14-19-17-7-8-17/h16-17,19H,2-15H2,1H3. The van der Waals surface area contributed by atoms with Gasteiger partial charge >= 0.3 is 0 Å². The summed E-state index contributed by atoms with van der Waals surface area (Å²) in [5.41, 5.74) is 0.534. The fourth-order valence-electron chi connectivity index (χ4n) is 3.75. The van der Waals surface area contributed by atoms with E-state index in [1.807, 2.05) is 0 Å². The monoisotopic (exact) mass is 294 g/mol. The molecule has 3 nitrogen and oxygen atoms in total. The van der Waals surface area contributed by atoms with Gasteiger partial charge in [0.15, 0.2) is 0 Å². The second-order valence-corrected chi connectivity index (χ2v) is 7.97. The van der Waals surface area contributed by atoms with Crippen LogP contribution in [0.25, 0.3) is 0 Å². The highest BCUT2D eigenvalue weighted by molar-refractivity contribution is 4.91. The van der Waals surface area contributed by atoms with Gasteiger partial charge in [0.2, 0.25) is 0 Å². The predicted molar refractivity (Wildman–Crippen MR) is 87.6 cm³/mol. The van der Waals surface area contributed by atoms with Gasteiger partial charge in [-0.25, -0.2) is 0 Å². The van der Waals surface area contributed by atoms with Gasteiger partial charge in [0.05, 0.1) is 6.61 Å². The third-order valence-corrected chi connectivity index (χ3v) is 5.53. The van der Waals surface area contributed by atoms with Crippen LogP contribution in [-0.4, -0.2) is 50.8 Å². The predicted octanol–water partition coefficient (Wildman–Crippen LogP) is 3.05. The summed E-state index contributed by atoms with van der Waals surface area (Å²) < 4.78 is 5.80. The molecule has 3 aliphatic carbocycles. The van der Waals surface area contributed by atoms with Gasteiger partial charge in [-0.3, -0.25) is 0 Å². The number of ether oxygens (including phenoxy) is 1. The lowest BCUT2D eigenvalue weighted by molar-refractivity contribution is 0.0725. The van der Waals surface area contributed by atoms with E-state index in [2.05, 4.69) is 17.3 Å². The van der Waals surface area contributed by atoms with Crippen molar-refractivity contribution in [3.8, 4) is 0 Å². The Labute approximate surface area is 130 Å². The van der Waals surface area contributed by atoms with E-state index in [0.29, 0.717) is 5.41 Å². The number of hydrogen-bond acceptors (Lipinski definition) is 3. The normalized spacial score (nSPS) is 25.4. The Balaban J connectivity index is 1.38. The minimum atomic E-state index is 0.534. The van der Waals surface area contributed by atoms with Crippen LogP contribution in [0, 0.1) is 11.3 Å². The minimum absolute atomic E-state index is 0.534. The quantitative estimate of drug-likeness (QED) is 0.627. The molecule has 3 saturated carbocycles. The Hall–Kier alpha value is -0.120. The Bertz CT molecular complexity index is 306. The first kappa shape index (κ1) is 15.8. The van der Waals surface area contributed by atoms with Crippen molar-refractivity contribution in [3.63, 3.8) is 0 Å². The van der Waals surface area contributed by atoms with Crippen molar-refractivity contribution in [2.75, 3.05) is 39.9 Å². The van der Waals surface area contributed by atoms with E-state index >= 15 is 0 Å². The van der Waals surface area contributed by atoms with Crippen molar-refractivity contribution in [2.45, 2.75) is 63.8 Å². The number of rotatable bonds is 10. The van der Waals surface area contributed by atoms with Crippen LogP contribution in [0.2, 0.25) is 0 Å². The first-order chi connectivity index (χ1) is 10.3. The minimum Gasteiger partial charge on any atom is -0.380 e. The fraction of sp³-hybridized carbons (Fsp3) is 1.00. The molecular weight excluding hydrogens is 260 g/mol. The lowest BCUT2D eigenvalue weighted by atomic mass is 9.73. The second kappa shape index (κ2) is 7.43. The average molecular weight is 294 g/mol. The summed E-state index contributed by atoms with van der Waals surface area (Å²) in [4.78, 5) is 2.52. The fourth-order valence-corrected chi connectivity index (χ4v) is 3.75. The number of nitrogens with one attached hydrogen (secondary N) is 1. The van der Waals surface area contributed by atoms with Gasteiger partial charge in [0.1, 0.15) is 0 Å². The Morgan fingerprint density at radius 1 is 1.10 bits per heavy atom. The lowest BCUT2D eigenvalue weighted by Gasteiger charge is -2.40. The molecular formula is C18H34N2O. The van der Waals surface area contributed by atoms with Crippen LogP contribution in [0.15, 0.2) is 0 Å². The highest BCUT2D eigenvalue weighted by Crippen LogP contribution is 2.37. The Kier molecular flexibility index (Phi) is 5.58. The van der Waals surface area contributed by atoms with Gasteiger partial charge in [-0.2, -0.15) is 0 Å². The Morgan fingerprint density at radius 3 is 2.52 bits per heavy atom. The summed E-state index contributed by atoms with van der Waals surface area (Å²) in [6.45, 7) is 5.50. The maximum atomic E-state index is 5.80. The number of nitrogens with zero attached hydrogens (tertiary/aromatic N) is 1. The topological polar surface area (TPSA) is 24.5 Å². The molecule has 3 heteroatoms. The highest BCUT2D eigenvalue weighted by atomic mass is 16.5. The van der Waals surface area contributed by atoms with Crippen molar-refractivity contribution in [1.82, 2.24) is 10.2 Å². The van der Waals surface area contributed by atoms with Gasteiger partial charge in [-0.1, -0.05) is 19.3 Å². The largest absolute Gasteiger partial charge is 0.380 e. The summed E-state index contributed by atoms with van der Waals surface area (Å²) in [5.74, 6) is 0.891. The molecule has 3 aliphatic rings. The first-order valence-electron chi connectivity index (χ1n) is 9.25. The van der Waals surface area contributed by atoms with Crippen molar-refractivity contribution in [3.05, 3.63) is 0 Å². The molecule has 0 heterocycles. The second-order valence-electron chi connectivity index (χ2n) is 7.97. The van der Waals surface area contributed by atoms with E-state index in [1.165, 1.54) is 70.9 Å². The molecule has 0 aromatic carbocycles. The van der Waals surface area contributed by atoms with Crippen molar-refractivity contribution in [1.29, 1.82) is 0 Å². The lowest BCUT2D eigenvalue weighted by Crippen LogP contribution is -2.45. The van der Waals surface area contributed by atoms with Crippen LogP contribution in [-0.2, 0) is 4.74 Å². The van der Waals surface area contributed by atoms with E-state index < -0.39 is 0 Å². The zero-order chi connectivity index (χ0) is 14.5.